The molecule has 3 rings (SSSR count). The Morgan fingerprint density at radius 3 is 2.38 bits per heavy atom. The maximum absolute atomic E-state index is 12.7. The van der Waals surface area contributed by atoms with Gasteiger partial charge in [-0.25, -0.2) is 4.68 Å². The standard InChI is InChI=1S/C17H21N5O2/c1-13(23)18-16-12-15(17(24)21-10-8-20(2)9-11-21)19-22(16)14-6-4-3-5-7-14/h3-7,12H,8-11H2,1-2H3,(H,18,23). The fraction of sp³-hybridized carbons (Fsp3) is 0.353. The SMILES string of the molecule is CC(=O)Nc1cc(C(=O)N2CCN(C)CC2)nn1-c1ccccc1. The van der Waals surface area contributed by atoms with E-state index in [1.54, 1.807) is 15.6 Å². The van der Waals surface area contributed by atoms with Crippen molar-refractivity contribution in [3.63, 3.8) is 0 Å². The van der Waals surface area contributed by atoms with Crippen molar-refractivity contribution in [2.24, 2.45) is 0 Å². The molecule has 0 atom stereocenters. The van der Waals surface area contributed by atoms with E-state index >= 15 is 0 Å². The number of rotatable bonds is 3. The first-order valence-electron chi connectivity index (χ1n) is 7.95. The number of aromatic nitrogens is 2. The molecule has 2 amide bonds. The maximum atomic E-state index is 12.7. The van der Waals surface area contributed by atoms with E-state index in [0.29, 0.717) is 24.6 Å². The van der Waals surface area contributed by atoms with E-state index in [1.807, 2.05) is 37.4 Å². The molecular formula is C17H21N5O2. The molecule has 7 heteroatoms. The van der Waals surface area contributed by atoms with Gasteiger partial charge in [0.25, 0.3) is 5.91 Å². The summed E-state index contributed by atoms with van der Waals surface area (Å²) in [5.41, 5.74) is 1.13. The Bertz CT molecular complexity index is 733. The van der Waals surface area contributed by atoms with Gasteiger partial charge in [0.15, 0.2) is 5.69 Å². The van der Waals surface area contributed by atoms with Crippen molar-refractivity contribution in [3.05, 3.63) is 42.1 Å². The van der Waals surface area contributed by atoms with E-state index in [2.05, 4.69) is 15.3 Å². The summed E-state index contributed by atoms with van der Waals surface area (Å²) in [7, 11) is 2.04. The molecule has 1 aliphatic heterocycles. The molecule has 126 valence electrons. The van der Waals surface area contributed by atoms with Crippen molar-refractivity contribution >= 4 is 17.6 Å². The molecule has 1 fully saturated rings. The second kappa shape index (κ2) is 6.84. The number of benzene rings is 1. The lowest BCUT2D eigenvalue weighted by molar-refractivity contribution is -0.114. The highest BCUT2D eigenvalue weighted by molar-refractivity contribution is 5.95. The van der Waals surface area contributed by atoms with Crippen LogP contribution in [0.3, 0.4) is 0 Å². The first-order chi connectivity index (χ1) is 11.5. The van der Waals surface area contributed by atoms with Gasteiger partial charge >= 0.3 is 0 Å². The topological polar surface area (TPSA) is 70.5 Å². The Morgan fingerprint density at radius 2 is 1.75 bits per heavy atom. The number of hydrogen-bond donors (Lipinski definition) is 1. The number of amides is 2. The largest absolute Gasteiger partial charge is 0.335 e. The van der Waals surface area contributed by atoms with Crippen LogP contribution in [-0.2, 0) is 4.79 Å². The Morgan fingerprint density at radius 1 is 1.08 bits per heavy atom. The minimum absolute atomic E-state index is 0.107. The van der Waals surface area contributed by atoms with Gasteiger partial charge in [-0.2, -0.15) is 5.10 Å². The summed E-state index contributed by atoms with van der Waals surface area (Å²) in [4.78, 5) is 28.2. The van der Waals surface area contributed by atoms with Crippen LogP contribution in [0.25, 0.3) is 5.69 Å². The van der Waals surface area contributed by atoms with Gasteiger partial charge in [-0.1, -0.05) is 18.2 Å². The molecule has 1 aliphatic rings. The number of piperazine rings is 1. The van der Waals surface area contributed by atoms with Crippen molar-refractivity contribution in [2.75, 3.05) is 38.5 Å². The number of nitrogens with one attached hydrogen (secondary N) is 1. The summed E-state index contributed by atoms with van der Waals surface area (Å²) >= 11 is 0. The number of para-hydroxylation sites is 1. The van der Waals surface area contributed by atoms with E-state index in [9.17, 15) is 9.59 Å². The van der Waals surface area contributed by atoms with E-state index in [1.165, 1.54) is 6.92 Å². The van der Waals surface area contributed by atoms with Crippen LogP contribution in [0, 0.1) is 0 Å². The van der Waals surface area contributed by atoms with Crippen molar-refractivity contribution < 1.29 is 9.59 Å². The van der Waals surface area contributed by atoms with Crippen molar-refractivity contribution in [2.45, 2.75) is 6.92 Å². The highest BCUT2D eigenvalue weighted by Gasteiger charge is 2.24. The molecule has 0 unspecified atom stereocenters. The molecule has 0 saturated carbocycles. The fourth-order valence-electron chi connectivity index (χ4n) is 2.69. The Hall–Kier alpha value is -2.67. The van der Waals surface area contributed by atoms with E-state index in [-0.39, 0.29) is 11.8 Å². The zero-order valence-electron chi connectivity index (χ0n) is 13.9. The summed E-state index contributed by atoms with van der Waals surface area (Å²) in [5, 5.41) is 7.16. The van der Waals surface area contributed by atoms with Gasteiger partial charge in [0.1, 0.15) is 5.82 Å². The van der Waals surface area contributed by atoms with Gasteiger partial charge < -0.3 is 15.1 Å². The molecule has 1 saturated heterocycles. The van der Waals surface area contributed by atoms with Crippen LogP contribution in [0.4, 0.5) is 5.82 Å². The first-order valence-corrected chi connectivity index (χ1v) is 7.95. The fourth-order valence-corrected chi connectivity index (χ4v) is 2.69. The van der Waals surface area contributed by atoms with Gasteiger partial charge in [-0.05, 0) is 19.2 Å². The second-order valence-corrected chi connectivity index (χ2v) is 5.94. The molecule has 0 aliphatic carbocycles. The molecule has 7 nitrogen and oxygen atoms in total. The number of hydrogen-bond acceptors (Lipinski definition) is 4. The average molecular weight is 327 g/mol. The normalized spacial score (nSPS) is 15.3. The van der Waals surface area contributed by atoms with E-state index in [4.69, 9.17) is 0 Å². The molecule has 0 spiro atoms. The summed E-state index contributed by atoms with van der Waals surface area (Å²) in [5.74, 6) is 0.182. The Kier molecular flexibility index (Phi) is 4.61. The van der Waals surface area contributed by atoms with Gasteiger partial charge in [-0.15, -0.1) is 0 Å². The van der Waals surface area contributed by atoms with Gasteiger partial charge in [0.2, 0.25) is 5.91 Å². The number of anilines is 1. The van der Waals surface area contributed by atoms with Crippen LogP contribution < -0.4 is 5.32 Å². The number of carbonyl (C=O) groups excluding carboxylic acids is 2. The highest BCUT2D eigenvalue weighted by Crippen LogP contribution is 2.19. The molecule has 1 aromatic carbocycles. The molecule has 0 bridgehead atoms. The first kappa shape index (κ1) is 16.2. The van der Waals surface area contributed by atoms with Crippen LogP contribution in [-0.4, -0.2) is 64.6 Å². The monoisotopic (exact) mass is 327 g/mol. The van der Waals surface area contributed by atoms with Crippen LogP contribution in [0.1, 0.15) is 17.4 Å². The Labute approximate surface area is 140 Å². The van der Waals surface area contributed by atoms with Crippen molar-refractivity contribution in [3.8, 4) is 5.69 Å². The minimum atomic E-state index is -0.203. The summed E-state index contributed by atoms with van der Waals surface area (Å²) in [6.07, 6.45) is 0. The smallest absolute Gasteiger partial charge is 0.274 e. The zero-order valence-corrected chi connectivity index (χ0v) is 13.9. The van der Waals surface area contributed by atoms with Crippen molar-refractivity contribution in [1.29, 1.82) is 0 Å². The third-order valence-electron chi connectivity index (χ3n) is 4.02. The lowest BCUT2D eigenvalue weighted by Crippen LogP contribution is -2.47. The lowest BCUT2D eigenvalue weighted by Gasteiger charge is -2.31. The Balaban J connectivity index is 1.90. The highest BCUT2D eigenvalue weighted by atomic mass is 16.2. The average Bonchev–Trinajstić information content (AvgIpc) is 2.99. The number of likely N-dealkylation sites (N-methyl/N-ethyl adjacent to an activating group) is 1. The molecule has 24 heavy (non-hydrogen) atoms. The maximum Gasteiger partial charge on any atom is 0.274 e. The predicted octanol–water partition coefficient (Wildman–Crippen LogP) is 1.22. The summed E-state index contributed by atoms with van der Waals surface area (Å²) in [6, 6.07) is 11.1. The molecular weight excluding hydrogens is 306 g/mol. The van der Waals surface area contributed by atoms with Crippen LogP contribution >= 0.6 is 0 Å². The van der Waals surface area contributed by atoms with E-state index in [0.717, 1.165) is 18.8 Å². The van der Waals surface area contributed by atoms with Crippen LogP contribution in [0.5, 0.6) is 0 Å². The molecule has 1 aromatic heterocycles. The molecule has 0 radical (unpaired) electrons. The minimum Gasteiger partial charge on any atom is -0.335 e. The zero-order chi connectivity index (χ0) is 17.1. The lowest BCUT2D eigenvalue weighted by atomic mass is 10.3. The van der Waals surface area contributed by atoms with Crippen molar-refractivity contribution in [1.82, 2.24) is 19.6 Å². The predicted molar refractivity (Wildman–Crippen MR) is 91.3 cm³/mol. The summed E-state index contributed by atoms with van der Waals surface area (Å²) in [6.45, 7) is 4.50. The molecule has 2 aromatic rings. The van der Waals surface area contributed by atoms with Gasteiger partial charge in [0.05, 0.1) is 5.69 Å². The third-order valence-corrected chi connectivity index (χ3v) is 4.02. The summed E-state index contributed by atoms with van der Waals surface area (Å²) < 4.78 is 1.59. The third kappa shape index (κ3) is 3.46. The molecule has 1 N–H and O–H groups in total. The van der Waals surface area contributed by atoms with Crippen LogP contribution in [0.2, 0.25) is 0 Å². The van der Waals surface area contributed by atoms with E-state index < -0.39 is 0 Å². The molecule has 2 heterocycles. The van der Waals surface area contributed by atoms with Crippen LogP contribution in [0.15, 0.2) is 36.4 Å². The van der Waals surface area contributed by atoms with Gasteiger partial charge in [-0.3, -0.25) is 9.59 Å². The quantitative estimate of drug-likeness (QED) is 0.920. The second-order valence-electron chi connectivity index (χ2n) is 5.94. The number of nitrogens with zero attached hydrogens (tertiary/aromatic N) is 4. The number of carbonyl (C=O) groups is 2. The van der Waals surface area contributed by atoms with Gasteiger partial charge in [0, 0.05) is 39.2 Å².